The monoisotopic (exact) mass is 466 g/mol. The molecular weight excluding hydrogens is 444 g/mol. The van der Waals surface area contributed by atoms with Crippen molar-refractivity contribution in [1.82, 2.24) is 19.8 Å². The Morgan fingerprint density at radius 1 is 1.06 bits per heavy atom. The normalized spacial score (nSPS) is 11.5. The predicted octanol–water partition coefficient (Wildman–Crippen LogP) is 3.13. The van der Waals surface area contributed by atoms with Crippen LogP contribution in [0.4, 0.5) is 0 Å². The first-order valence-electron chi connectivity index (χ1n) is 10.4. The van der Waals surface area contributed by atoms with Crippen molar-refractivity contribution >= 4 is 26.8 Å². The van der Waals surface area contributed by atoms with Crippen LogP contribution in [0.1, 0.15) is 18.7 Å². The topological polar surface area (TPSA) is 124 Å². The second-order valence-corrected chi connectivity index (χ2v) is 9.00. The van der Waals surface area contributed by atoms with Gasteiger partial charge in [-0.1, -0.05) is 35.5 Å². The summed E-state index contributed by atoms with van der Waals surface area (Å²) in [5.41, 5.74) is 0.755. The van der Waals surface area contributed by atoms with Gasteiger partial charge in [0, 0.05) is 30.9 Å². The maximum Gasteiger partial charge on any atom is 0.307 e. The molecule has 9 nitrogen and oxygen atoms in total. The van der Waals surface area contributed by atoms with Crippen LogP contribution in [-0.4, -0.2) is 42.7 Å². The lowest BCUT2D eigenvalue weighted by atomic mass is 10.1. The minimum Gasteiger partial charge on any atom is -0.466 e. The van der Waals surface area contributed by atoms with E-state index in [-0.39, 0.29) is 24.5 Å². The fraction of sp³-hybridized carbons (Fsp3) is 0.217. The maximum atomic E-state index is 12.5. The van der Waals surface area contributed by atoms with E-state index in [2.05, 4.69) is 19.8 Å². The molecule has 2 heterocycles. The van der Waals surface area contributed by atoms with Crippen LogP contribution < -0.4 is 4.72 Å². The standard InChI is InChI=1S/C23H22N4O5S/c28-22(31-14-4-8-21-26-23(27-32-21)19-7-3-12-24-16-19)11-13-25-33(29,30)20-10-9-17-5-1-2-6-18(17)15-20/h1-3,5-7,9-10,12,15-16,25H,4,8,11,13-14H2. The van der Waals surface area contributed by atoms with Crippen LogP contribution >= 0.6 is 0 Å². The highest BCUT2D eigenvalue weighted by atomic mass is 32.2. The summed E-state index contributed by atoms with van der Waals surface area (Å²) >= 11 is 0. The molecule has 2 aromatic heterocycles. The van der Waals surface area contributed by atoms with E-state index in [9.17, 15) is 13.2 Å². The quantitative estimate of drug-likeness (QED) is 0.279. The van der Waals surface area contributed by atoms with Gasteiger partial charge in [-0.25, -0.2) is 13.1 Å². The number of rotatable bonds is 10. The van der Waals surface area contributed by atoms with E-state index in [1.807, 2.05) is 30.3 Å². The fourth-order valence-electron chi connectivity index (χ4n) is 3.16. The number of carbonyl (C=O) groups is 1. The SMILES string of the molecule is O=C(CCNS(=O)(=O)c1ccc2ccccc2c1)OCCCc1nc(-c2cccnc2)no1. The zero-order chi connectivity index (χ0) is 23.1. The van der Waals surface area contributed by atoms with Crippen molar-refractivity contribution in [2.45, 2.75) is 24.2 Å². The highest BCUT2D eigenvalue weighted by molar-refractivity contribution is 7.89. The summed E-state index contributed by atoms with van der Waals surface area (Å²) in [5, 5.41) is 5.69. The van der Waals surface area contributed by atoms with Gasteiger partial charge < -0.3 is 9.26 Å². The highest BCUT2D eigenvalue weighted by Gasteiger charge is 2.15. The molecule has 0 spiro atoms. The van der Waals surface area contributed by atoms with E-state index in [0.29, 0.717) is 24.6 Å². The van der Waals surface area contributed by atoms with Gasteiger partial charge in [-0.05, 0) is 41.5 Å². The first-order valence-corrected chi connectivity index (χ1v) is 11.9. The van der Waals surface area contributed by atoms with Crippen LogP contribution in [0.25, 0.3) is 22.2 Å². The summed E-state index contributed by atoms with van der Waals surface area (Å²) in [6.45, 7) is 0.118. The van der Waals surface area contributed by atoms with Crippen molar-refractivity contribution in [3.05, 3.63) is 72.9 Å². The number of carbonyl (C=O) groups excluding carboxylic acids is 1. The Labute approximate surface area is 190 Å². The molecule has 0 aliphatic carbocycles. The van der Waals surface area contributed by atoms with E-state index >= 15 is 0 Å². The molecule has 0 atom stereocenters. The number of ether oxygens (including phenoxy) is 1. The molecule has 1 N–H and O–H groups in total. The zero-order valence-corrected chi connectivity index (χ0v) is 18.5. The summed E-state index contributed by atoms with van der Waals surface area (Å²) in [6.07, 6.45) is 4.19. The molecule has 0 saturated carbocycles. The smallest absolute Gasteiger partial charge is 0.307 e. The third-order valence-electron chi connectivity index (χ3n) is 4.84. The van der Waals surface area contributed by atoms with Crippen LogP contribution in [0.3, 0.4) is 0 Å². The molecule has 0 aliphatic rings. The predicted molar refractivity (Wildman–Crippen MR) is 121 cm³/mol. The first kappa shape index (κ1) is 22.6. The molecule has 33 heavy (non-hydrogen) atoms. The number of hydrogen-bond donors (Lipinski definition) is 1. The van der Waals surface area contributed by atoms with Crippen molar-refractivity contribution in [3.63, 3.8) is 0 Å². The summed E-state index contributed by atoms with van der Waals surface area (Å²) in [5.74, 6) is 0.402. The molecule has 0 amide bonds. The average molecular weight is 467 g/mol. The van der Waals surface area contributed by atoms with Crippen LogP contribution in [0.15, 0.2) is 76.4 Å². The van der Waals surface area contributed by atoms with E-state index in [4.69, 9.17) is 9.26 Å². The number of nitrogens with zero attached hydrogens (tertiary/aromatic N) is 3. The molecule has 0 unspecified atom stereocenters. The number of fused-ring (bicyclic) bond motifs is 1. The summed E-state index contributed by atoms with van der Waals surface area (Å²) in [6, 6.07) is 16.0. The van der Waals surface area contributed by atoms with Crippen molar-refractivity contribution in [2.75, 3.05) is 13.2 Å². The Kier molecular flexibility index (Phi) is 7.06. The Morgan fingerprint density at radius 3 is 2.73 bits per heavy atom. The lowest BCUT2D eigenvalue weighted by molar-refractivity contribution is -0.143. The number of aromatic nitrogens is 3. The van der Waals surface area contributed by atoms with Crippen LogP contribution in [0, 0.1) is 0 Å². The van der Waals surface area contributed by atoms with Gasteiger partial charge in [-0.3, -0.25) is 9.78 Å². The van der Waals surface area contributed by atoms with Crippen molar-refractivity contribution in [1.29, 1.82) is 0 Å². The van der Waals surface area contributed by atoms with Gasteiger partial charge in [-0.15, -0.1) is 0 Å². The molecule has 0 bridgehead atoms. The number of aryl methyl sites for hydroxylation is 1. The number of esters is 1. The largest absolute Gasteiger partial charge is 0.466 e. The molecule has 2 aromatic carbocycles. The Balaban J connectivity index is 1.18. The van der Waals surface area contributed by atoms with E-state index in [1.54, 1.807) is 36.7 Å². The lowest BCUT2D eigenvalue weighted by Crippen LogP contribution is -2.26. The summed E-state index contributed by atoms with van der Waals surface area (Å²) in [4.78, 5) is 20.4. The second-order valence-electron chi connectivity index (χ2n) is 7.23. The van der Waals surface area contributed by atoms with Gasteiger partial charge in [0.25, 0.3) is 0 Å². The molecule has 0 radical (unpaired) electrons. The molecule has 0 aliphatic heterocycles. The molecule has 4 aromatic rings. The van der Waals surface area contributed by atoms with Crippen LogP contribution in [0.5, 0.6) is 0 Å². The minimum atomic E-state index is -3.72. The van der Waals surface area contributed by atoms with Crippen LogP contribution in [0.2, 0.25) is 0 Å². The Bertz CT molecular complexity index is 1340. The molecule has 4 rings (SSSR count). The van der Waals surface area contributed by atoms with Crippen molar-refractivity contribution in [2.24, 2.45) is 0 Å². The van der Waals surface area contributed by atoms with Crippen molar-refractivity contribution < 1.29 is 22.5 Å². The molecule has 10 heteroatoms. The second kappa shape index (κ2) is 10.3. The maximum absolute atomic E-state index is 12.5. The molecule has 0 saturated heterocycles. The van der Waals surface area contributed by atoms with Crippen LogP contribution in [-0.2, 0) is 26.0 Å². The highest BCUT2D eigenvalue weighted by Crippen LogP contribution is 2.19. The van der Waals surface area contributed by atoms with E-state index in [1.165, 1.54) is 0 Å². The summed E-state index contributed by atoms with van der Waals surface area (Å²) in [7, 11) is -3.72. The Hall–Kier alpha value is -3.63. The summed E-state index contributed by atoms with van der Waals surface area (Å²) < 4.78 is 37.8. The van der Waals surface area contributed by atoms with Crippen molar-refractivity contribution in [3.8, 4) is 11.4 Å². The molecular formula is C23H22N4O5S. The average Bonchev–Trinajstić information content (AvgIpc) is 3.31. The Morgan fingerprint density at radius 2 is 1.91 bits per heavy atom. The van der Waals surface area contributed by atoms with Gasteiger partial charge in [0.2, 0.25) is 21.7 Å². The number of nitrogens with one attached hydrogen (secondary N) is 1. The van der Waals surface area contributed by atoms with E-state index < -0.39 is 16.0 Å². The number of sulfonamides is 1. The first-order chi connectivity index (χ1) is 16.0. The number of pyridine rings is 1. The third-order valence-corrected chi connectivity index (χ3v) is 6.30. The van der Waals surface area contributed by atoms with Gasteiger partial charge in [0.05, 0.1) is 17.9 Å². The molecule has 0 fully saturated rings. The third kappa shape index (κ3) is 5.99. The number of benzene rings is 2. The van der Waals surface area contributed by atoms with Gasteiger partial charge in [-0.2, -0.15) is 4.98 Å². The fourth-order valence-corrected chi connectivity index (χ4v) is 4.22. The number of hydrogen-bond acceptors (Lipinski definition) is 8. The van der Waals surface area contributed by atoms with E-state index in [0.717, 1.165) is 16.3 Å². The van der Waals surface area contributed by atoms with Gasteiger partial charge >= 0.3 is 5.97 Å². The lowest BCUT2D eigenvalue weighted by Gasteiger charge is -2.08. The molecule has 170 valence electrons. The zero-order valence-electron chi connectivity index (χ0n) is 17.7. The van der Waals surface area contributed by atoms with Gasteiger partial charge in [0.1, 0.15) is 0 Å². The van der Waals surface area contributed by atoms with Gasteiger partial charge in [0.15, 0.2) is 0 Å². The minimum absolute atomic E-state index is 0.0495.